The fourth-order valence-corrected chi connectivity index (χ4v) is 4.33. The molecule has 0 N–H and O–H groups in total. The summed E-state index contributed by atoms with van der Waals surface area (Å²) in [4.78, 5) is 13.0. The summed E-state index contributed by atoms with van der Waals surface area (Å²) in [7, 11) is -4.38. The number of carbonyl (C=O) groups is 1. The Hall–Kier alpha value is -2.90. The molecule has 0 saturated carbocycles. The molecule has 146 valence electrons. The summed E-state index contributed by atoms with van der Waals surface area (Å²) >= 11 is 0. The predicted molar refractivity (Wildman–Crippen MR) is 92.1 cm³/mol. The number of benzene rings is 2. The number of hydrogen-bond donors (Lipinski definition) is 0. The molecule has 0 radical (unpaired) electrons. The normalized spacial score (nSPS) is 15.3. The Morgan fingerprint density at radius 3 is 2.11 bits per heavy atom. The van der Waals surface area contributed by atoms with Crippen LogP contribution in [-0.4, -0.2) is 49.7 Å². The number of sulfonamides is 1. The monoisotopic (exact) mass is 409 g/mol. The van der Waals surface area contributed by atoms with Crippen LogP contribution in [0.15, 0.2) is 41.3 Å². The minimum Gasteiger partial charge on any atom is -0.336 e. The smallest absolute Gasteiger partial charge is 0.253 e. The zero-order valence-corrected chi connectivity index (χ0v) is 15.2. The van der Waals surface area contributed by atoms with E-state index in [2.05, 4.69) is 0 Å². The molecule has 6 nitrogen and oxygen atoms in total. The summed E-state index contributed by atoms with van der Waals surface area (Å²) in [5.74, 6) is -5.43. The first kappa shape index (κ1) is 19.9. The van der Waals surface area contributed by atoms with Crippen LogP contribution in [0.4, 0.5) is 13.2 Å². The Morgan fingerprint density at radius 2 is 1.54 bits per heavy atom. The predicted octanol–water partition coefficient (Wildman–Crippen LogP) is 2.12. The highest BCUT2D eigenvalue weighted by atomic mass is 32.2. The first-order valence-electron chi connectivity index (χ1n) is 8.19. The van der Waals surface area contributed by atoms with Gasteiger partial charge in [0, 0.05) is 31.7 Å². The summed E-state index contributed by atoms with van der Waals surface area (Å²) in [5.41, 5.74) is 0.753. The summed E-state index contributed by atoms with van der Waals surface area (Å²) in [6.45, 7) is -0.154. The van der Waals surface area contributed by atoms with Crippen LogP contribution >= 0.6 is 0 Å². The van der Waals surface area contributed by atoms with Crippen molar-refractivity contribution in [1.82, 2.24) is 9.21 Å². The number of amides is 1. The molecule has 1 heterocycles. The topological polar surface area (TPSA) is 81.5 Å². The highest BCUT2D eigenvalue weighted by Gasteiger charge is 2.33. The van der Waals surface area contributed by atoms with Crippen LogP contribution in [0.5, 0.6) is 0 Å². The van der Waals surface area contributed by atoms with Gasteiger partial charge in [0.15, 0.2) is 17.5 Å². The molecule has 1 amide bonds. The highest BCUT2D eigenvalue weighted by Crippen LogP contribution is 2.24. The molecule has 0 bridgehead atoms. The Bertz CT molecular complexity index is 1060. The molecule has 0 atom stereocenters. The molecule has 1 saturated heterocycles. The van der Waals surface area contributed by atoms with E-state index in [0.29, 0.717) is 23.3 Å². The third-order valence-corrected chi connectivity index (χ3v) is 6.32. The van der Waals surface area contributed by atoms with Gasteiger partial charge in [0.05, 0.1) is 11.6 Å². The fraction of sp³-hybridized carbons (Fsp3) is 0.222. The van der Waals surface area contributed by atoms with E-state index in [4.69, 9.17) is 5.26 Å². The number of nitrogens with zero attached hydrogens (tertiary/aromatic N) is 3. The van der Waals surface area contributed by atoms with Crippen LogP contribution in [0.3, 0.4) is 0 Å². The van der Waals surface area contributed by atoms with Crippen LogP contribution < -0.4 is 0 Å². The van der Waals surface area contributed by atoms with Gasteiger partial charge in [0.1, 0.15) is 4.90 Å². The summed E-state index contributed by atoms with van der Waals surface area (Å²) in [6.07, 6.45) is 0. The molecule has 0 spiro atoms. The molecule has 2 aromatic rings. The first-order valence-corrected chi connectivity index (χ1v) is 9.63. The van der Waals surface area contributed by atoms with Crippen molar-refractivity contribution >= 4 is 15.9 Å². The molecule has 10 heteroatoms. The average molecular weight is 409 g/mol. The van der Waals surface area contributed by atoms with Crippen molar-refractivity contribution in [2.75, 3.05) is 26.2 Å². The number of piperazine rings is 1. The van der Waals surface area contributed by atoms with E-state index in [1.165, 1.54) is 29.2 Å². The zero-order chi connectivity index (χ0) is 20.5. The molecule has 0 aromatic heterocycles. The van der Waals surface area contributed by atoms with Crippen molar-refractivity contribution in [1.29, 1.82) is 5.26 Å². The standard InChI is InChI=1S/C18H14F3N3O3S/c19-14-5-6-15(17(21)16(14)20)28(26,27)24-9-7-23(8-10-24)18(25)13-3-1-12(11-22)2-4-13/h1-6H,7-10H2. The van der Waals surface area contributed by atoms with Gasteiger partial charge in [-0.25, -0.2) is 21.6 Å². The lowest BCUT2D eigenvalue weighted by atomic mass is 10.1. The van der Waals surface area contributed by atoms with E-state index in [1.54, 1.807) is 0 Å². The number of carbonyl (C=O) groups excluding carboxylic acids is 1. The van der Waals surface area contributed by atoms with Crippen LogP contribution in [0.25, 0.3) is 0 Å². The quantitative estimate of drug-likeness (QED) is 0.728. The van der Waals surface area contributed by atoms with Gasteiger partial charge in [-0.2, -0.15) is 9.57 Å². The maximum Gasteiger partial charge on any atom is 0.253 e. The SMILES string of the molecule is N#Cc1ccc(C(=O)N2CCN(S(=O)(=O)c3ccc(F)c(F)c3F)CC2)cc1. The Labute approximate surface area is 159 Å². The fourth-order valence-electron chi connectivity index (χ4n) is 2.85. The van der Waals surface area contributed by atoms with Crippen molar-refractivity contribution in [3.63, 3.8) is 0 Å². The van der Waals surface area contributed by atoms with Gasteiger partial charge in [-0.1, -0.05) is 0 Å². The minimum atomic E-state index is -4.38. The molecule has 1 aliphatic rings. The Morgan fingerprint density at radius 1 is 0.929 bits per heavy atom. The van der Waals surface area contributed by atoms with Crippen molar-refractivity contribution in [3.05, 3.63) is 65.0 Å². The molecular formula is C18H14F3N3O3S. The lowest BCUT2D eigenvalue weighted by molar-refractivity contribution is 0.0697. The summed E-state index contributed by atoms with van der Waals surface area (Å²) < 4.78 is 66.4. The van der Waals surface area contributed by atoms with Gasteiger partial charge in [0.25, 0.3) is 5.91 Å². The number of nitriles is 1. The second-order valence-electron chi connectivity index (χ2n) is 6.06. The van der Waals surface area contributed by atoms with Crippen molar-refractivity contribution < 1.29 is 26.4 Å². The van der Waals surface area contributed by atoms with Crippen LogP contribution in [0.2, 0.25) is 0 Å². The summed E-state index contributed by atoms with van der Waals surface area (Å²) in [6, 6.07) is 9.17. The maximum absolute atomic E-state index is 13.9. The van der Waals surface area contributed by atoms with E-state index in [-0.39, 0.29) is 32.1 Å². The average Bonchev–Trinajstić information content (AvgIpc) is 2.71. The second kappa shape index (κ2) is 7.61. The third-order valence-electron chi connectivity index (χ3n) is 4.40. The number of halogens is 3. The van der Waals surface area contributed by atoms with Gasteiger partial charge in [-0.15, -0.1) is 0 Å². The van der Waals surface area contributed by atoms with Crippen LogP contribution in [-0.2, 0) is 10.0 Å². The minimum absolute atomic E-state index is 0.0450. The van der Waals surface area contributed by atoms with Gasteiger partial charge >= 0.3 is 0 Å². The van der Waals surface area contributed by atoms with E-state index < -0.39 is 32.4 Å². The van der Waals surface area contributed by atoms with Gasteiger partial charge in [-0.3, -0.25) is 4.79 Å². The van der Waals surface area contributed by atoms with E-state index in [0.717, 1.165) is 4.31 Å². The maximum atomic E-state index is 13.9. The lowest BCUT2D eigenvalue weighted by Gasteiger charge is -2.34. The van der Waals surface area contributed by atoms with Gasteiger partial charge in [0.2, 0.25) is 10.0 Å². The number of rotatable bonds is 3. The number of hydrogen-bond acceptors (Lipinski definition) is 4. The van der Waals surface area contributed by atoms with Crippen molar-refractivity contribution in [3.8, 4) is 6.07 Å². The highest BCUT2D eigenvalue weighted by molar-refractivity contribution is 7.89. The van der Waals surface area contributed by atoms with Gasteiger partial charge in [-0.05, 0) is 36.4 Å². The summed E-state index contributed by atoms with van der Waals surface area (Å²) in [5, 5.41) is 8.79. The Balaban J connectivity index is 1.73. The molecule has 2 aromatic carbocycles. The lowest BCUT2D eigenvalue weighted by Crippen LogP contribution is -2.50. The largest absolute Gasteiger partial charge is 0.336 e. The molecule has 28 heavy (non-hydrogen) atoms. The Kier molecular flexibility index (Phi) is 5.40. The second-order valence-corrected chi connectivity index (χ2v) is 7.97. The van der Waals surface area contributed by atoms with Crippen LogP contribution in [0.1, 0.15) is 15.9 Å². The van der Waals surface area contributed by atoms with Gasteiger partial charge < -0.3 is 4.90 Å². The molecule has 1 aliphatic heterocycles. The zero-order valence-electron chi connectivity index (χ0n) is 14.4. The molecule has 3 rings (SSSR count). The van der Waals surface area contributed by atoms with Crippen molar-refractivity contribution in [2.24, 2.45) is 0 Å². The molecular weight excluding hydrogens is 395 g/mol. The first-order chi connectivity index (χ1) is 13.3. The molecule has 1 fully saturated rings. The van der Waals surface area contributed by atoms with E-state index in [9.17, 15) is 26.4 Å². The van der Waals surface area contributed by atoms with E-state index >= 15 is 0 Å². The third kappa shape index (κ3) is 3.58. The van der Waals surface area contributed by atoms with E-state index in [1.807, 2.05) is 6.07 Å². The van der Waals surface area contributed by atoms with Crippen molar-refractivity contribution in [2.45, 2.75) is 4.90 Å². The van der Waals surface area contributed by atoms with Crippen LogP contribution in [0, 0.1) is 28.8 Å². The molecule has 0 unspecified atom stereocenters. The molecule has 0 aliphatic carbocycles.